The fourth-order valence-electron chi connectivity index (χ4n) is 3.05. The van der Waals surface area contributed by atoms with E-state index in [2.05, 4.69) is 0 Å². The highest BCUT2D eigenvalue weighted by atomic mass is 35.5. The third-order valence-electron chi connectivity index (χ3n) is 4.17. The summed E-state index contributed by atoms with van der Waals surface area (Å²) in [7, 11) is 0. The number of amides is 2. The van der Waals surface area contributed by atoms with Crippen LogP contribution in [0.2, 0.25) is 5.02 Å². The second-order valence-electron chi connectivity index (χ2n) is 5.76. The third kappa shape index (κ3) is 2.46. The minimum atomic E-state index is -0.705. The standard InChI is InChI=1S/C17H11ClN2O6/c18-11-6-9(7-13-15(11)26-5-4-25-13)8-19-16(21)10-2-1-3-12(20(23)24)14(10)17(19)22/h1-3,6-7H,4-5,8H2. The van der Waals surface area contributed by atoms with Gasteiger partial charge in [-0.25, -0.2) is 0 Å². The van der Waals surface area contributed by atoms with Crippen molar-refractivity contribution in [2.24, 2.45) is 0 Å². The first-order valence-corrected chi connectivity index (χ1v) is 8.07. The maximum absolute atomic E-state index is 12.6. The molecular formula is C17H11ClN2O6. The van der Waals surface area contributed by atoms with E-state index in [4.69, 9.17) is 21.1 Å². The van der Waals surface area contributed by atoms with Crippen LogP contribution in [0.5, 0.6) is 11.5 Å². The van der Waals surface area contributed by atoms with Crippen LogP contribution in [0.25, 0.3) is 0 Å². The molecule has 9 heteroatoms. The molecule has 0 spiro atoms. The Morgan fingerprint density at radius 2 is 1.92 bits per heavy atom. The summed E-state index contributed by atoms with van der Waals surface area (Å²) in [5, 5.41) is 11.5. The minimum absolute atomic E-state index is 0.0211. The van der Waals surface area contributed by atoms with Gasteiger partial charge in [0.2, 0.25) is 0 Å². The quantitative estimate of drug-likeness (QED) is 0.465. The molecule has 0 bridgehead atoms. The van der Waals surface area contributed by atoms with Crippen molar-refractivity contribution < 1.29 is 24.0 Å². The van der Waals surface area contributed by atoms with E-state index in [1.54, 1.807) is 12.1 Å². The van der Waals surface area contributed by atoms with Crippen LogP contribution in [0.15, 0.2) is 30.3 Å². The highest BCUT2D eigenvalue weighted by Gasteiger charge is 2.41. The SMILES string of the molecule is O=C1c2cccc([N+](=O)[O-])c2C(=O)N1Cc1cc(Cl)c2c(c1)OCCO2. The second-order valence-corrected chi connectivity index (χ2v) is 6.16. The van der Waals surface area contributed by atoms with Crippen molar-refractivity contribution in [2.45, 2.75) is 6.54 Å². The molecule has 0 aliphatic carbocycles. The second kappa shape index (κ2) is 5.99. The maximum atomic E-state index is 12.6. The molecule has 26 heavy (non-hydrogen) atoms. The Kier molecular flexibility index (Phi) is 3.77. The Balaban J connectivity index is 1.69. The molecule has 2 aliphatic heterocycles. The van der Waals surface area contributed by atoms with Crippen molar-refractivity contribution in [1.29, 1.82) is 0 Å². The van der Waals surface area contributed by atoms with E-state index < -0.39 is 16.7 Å². The lowest BCUT2D eigenvalue weighted by Gasteiger charge is -2.21. The number of hydrogen-bond acceptors (Lipinski definition) is 6. The summed E-state index contributed by atoms with van der Waals surface area (Å²) >= 11 is 6.18. The van der Waals surface area contributed by atoms with Crippen LogP contribution in [-0.4, -0.2) is 34.9 Å². The van der Waals surface area contributed by atoms with Crippen molar-refractivity contribution >= 4 is 29.1 Å². The van der Waals surface area contributed by atoms with Crippen LogP contribution in [0.3, 0.4) is 0 Å². The van der Waals surface area contributed by atoms with E-state index in [9.17, 15) is 19.7 Å². The first kappa shape index (κ1) is 16.3. The lowest BCUT2D eigenvalue weighted by atomic mass is 10.1. The molecule has 8 nitrogen and oxygen atoms in total. The molecule has 0 radical (unpaired) electrons. The van der Waals surface area contributed by atoms with Crippen LogP contribution in [0.1, 0.15) is 26.3 Å². The predicted molar refractivity (Wildman–Crippen MR) is 89.7 cm³/mol. The van der Waals surface area contributed by atoms with Crippen LogP contribution in [-0.2, 0) is 6.54 Å². The lowest BCUT2D eigenvalue weighted by molar-refractivity contribution is -0.385. The first-order chi connectivity index (χ1) is 12.5. The number of carbonyl (C=O) groups excluding carboxylic acids is 2. The Labute approximate surface area is 152 Å². The summed E-state index contributed by atoms with van der Waals surface area (Å²) in [5.41, 5.74) is -0.000976. The van der Waals surface area contributed by atoms with Crippen molar-refractivity contribution in [3.8, 4) is 11.5 Å². The third-order valence-corrected chi connectivity index (χ3v) is 4.45. The monoisotopic (exact) mass is 374 g/mol. The molecule has 2 aromatic carbocycles. The summed E-state index contributed by atoms with van der Waals surface area (Å²) in [6, 6.07) is 7.20. The molecule has 2 amide bonds. The molecule has 4 rings (SSSR count). The van der Waals surface area contributed by atoms with Crippen LogP contribution < -0.4 is 9.47 Å². The smallest absolute Gasteiger partial charge is 0.282 e. The molecule has 2 aromatic rings. The average molecular weight is 375 g/mol. The van der Waals surface area contributed by atoms with Gasteiger partial charge < -0.3 is 9.47 Å². The zero-order chi connectivity index (χ0) is 18.4. The number of rotatable bonds is 3. The number of halogens is 1. The molecule has 0 saturated carbocycles. The molecular weight excluding hydrogens is 364 g/mol. The van der Waals surface area contributed by atoms with Gasteiger partial charge in [-0.15, -0.1) is 0 Å². The van der Waals surface area contributed by atoms with Crippen molar-refractivity contribution in [2.75, 3.05) is 13.2 Å². The van der Waals surface area contributed by atoms with Gasteiger partial charge in [0, 0.05) is 6.07 Å². The van der Waals surface area contributed by atoms with E-state index in [-0.39, 0.29) is 23.4 Å². The first-order valence-electron chi connectivity index (χ1n) is 7.69. The molecule has 0 atom stereocenters. The Morgan fingerprint density at radius 3 is 2.69 bits per heavy atom. The maximum Gasteiger partial charge on any atom is 0.282 e. The predicted octanol–water partition coefficient (Wildman–Crippen LogP) is 2.82. The number of ether oxygens (including phenoxy) is 2. The van der Waals surface area contributed by atoms with Gasteiger partial charge in [-0.3, -0.25) is 24.6 Å². The number of carbonyl (C=O) groups is 2. The number of fused-ring (bicyclic) bond motifs is 2. The summed E-state index contributed by atoms with van der Waals surface area (Å²) in [6.45, 7) is 0.667. The molecule has 2 heterocycles. The van der Waals surface area contributed by atoms with Gasteiger partial charge in [0.05, 0.1) is 22.1 Å². The fraction of sp³-hybridized carbons (Fsp3) is 0.176. The van der Waals surface area contributed by atoms with Gasteiger partial charge >= 0.3 is 0 Å². The van der Waals surface area contributed by atoms with Gasteiger partial charge in [0.15, 0.2) is 11.5 Å². The van der Waals surface area contributed by atoms with Crippen molar-refractivity contribution in [3.05, 3.63) is 62.2 Å². The number of nitrogens with zero attached hydrogens (tertiary/aromatic N) is 2. The summed E-state index contributed by atoms with van der Waals surface area (Å²) in [4.78, 5) is 36.6. The van der Waals surface area contributed by atoms with Crippen LogP contribution in [0, 0.1) is 10.1 Å². The topological polar surface area (TPSA) is 99.0 Å². The Bertz CT molecular complexity index is 974. The molecule has 2 aliphatic rings. The fourth-order valence-corrected chi connectivity index (χ4v) is 3.34. The lowest BCUT2D eigenvalue weighted by Crippen LogP contribution is -2.29. The van der Waals surface area contributed by atoms with Crippen molar-refractivity contribution in [3.63, 3.8) is 0 Å². The average Bonchev–Trinajstić information content (AvgIpc) is 2.87. The number of nitro benzene ring substituents is 1. The molecule has 0 fully saturated rings. The Morgan fingerprint density at radius 1 is 1.15 bits per heavy atom. The van der Waals surface area contributed by atoms with E-state index in [0.29, 0.717) is 35.3 Å². The molecule has 132 valence electrons. The molecule has 0 N–H and O–H groups in total. The van der Waals surface area contributed by atoms with Crippen LogP contribution in [0.4, 0.5) is 5.69 Å². The van der Waals surface area contributed by atoms with E-state index >= 15 is 0 Å². The number of imide groups is 1. The van der Waals surface area contributed by atoms with Gasteiger partial charge in [-0.05, 0) is 23.8 Å². The number of nitro groups is 1. The largest absolute Gasteiger partial charge is 0.486 e. The van der Waals surface area contributed by atoms with E-state index in [1.807, 2.05) is 0 Å². The summed E-state index contributed by atoms with van der Waals surface area (Å²) < 4.78 is 10.9. The Hall–Kier alpha value is -3.13. The van der Waals surface area contributed by atoms with Gasteiger partial charge in [0.1, 0.15) is 18.8 Å². The van der Waals surface area contributed by atoms with E-state index in [0.717, 1.165) is 4.90 Å². The number of benzene rings is 2. The highest BCUT2D eigenvalue weighted by molar-refractivity contribution is 6.32. The molecule has 0 aromatic heterocycles. The highest BCUT2D eigenvalue weighted by Crippen LogP contribution is 2.39. The molecule has 0 unspecified atom stereocenters. The zero-order valence-electron chi connectivity index (χ0n) is 13.2. The van der Waals surface area contributed by atoms with Crippen LogP contribution >= 0.6 is 11.6 Å². The zero-order valence-corrected chi connectivity index (χ0v) is 14.0. The van der Waals surface area contributed by atoms with Gasteiger partial charge in [-0.1, -0.05) is 17.7 Å². The minimum Gasteiger partial charge on any atom is -0.486 e. The van der Waals surface area contributed by atoms with Crippen molar-refractivity contribution in [1.82, 2.24) is 4.90 Å². The number of hydrogen-bond donors (Lipinski definition) is 0. The normalized spacial score (nSPS) is 15.2. The summed E-state index contributed by atoms with van der Waals surface area (Å²) in [5.74, 6) is -0.441. The van der Waals surface area contributed by atoms with E-state index in [1.165, 1.54) is 18.2 Å². The summed E-state index contributed by atoms with van der Waals surface area (Å²) in [6.07, 6.45) is 0. The molecule has 0 saturated heterocycles. The van der Waals surface area contributed by atoms with Gasteiger partial charge in [0.25, 0.3) is 17.5 Å². The van der Waals surface area contributed by atoms with Gasteiger partial charge in [-0.2, -0.15) is 0 Å².